The molecule has 9 heteroatoms. The summed E-state index contributed by atoms with van der Waals surface area (Å²) < 4.78 is 18.8. The molecular weight excluding hydrogens is 385 g/mol. The topological polar surface area (TPSA) is 103 Å². The number of rotatable bonds is 8. The molecule has 0 saturated carbocycles. The first-order valence-corrected chi connectivity index (χ1v) is 9.51. The third kappa shape index (κ3) is 5.14. The van der Waals surface area contributed by atoms with E-state index in [2.05, 4.69) is 5.32 Å². The van der Waals surface area contributed by atoms with Crippen LogP contribution in [0.4, 0.5) is 9.39 Å². The Labute approximate surface area is 166 Å². The summed E-state index contributed by atoms with van der Waals surface area (Å²) in [5.41, 5.74) is 6.35. The molecule has 0 saturated heterocycles. The molecule has 1 aromatic heterocycles. The van der Waals surface area contributed by atoms with Crippen molar-refractivity contribution in [3.05, 3.63) is 51.7 Å². The quantitative estimate of drug-likeness (QED) is 0.570. The standard InChI is InChI=1S/C19H22FN3O4S/c1-4-27-19(26)15-11(2)16(17(21)25)28-18(15)22-14(24)10-23(3)9-12-7-5-6-8-13(12)20/h5-8H,4,9-10H2,1-3H3,(H2,21,25)(H,22,24)/p+1. The summed E-state index contributed by atoms with van der Waals surface area (Å²) >= 11 is 0.934. The average Bonchev–Trinajstić information content (AvgIpc) is 2.93. The van der Waals surface area contributed by atoms with Gasteiger partial charge in [0.25, 0.3) is 11.8 Å². The number of quaternary nitrogens is 1. The van der Waals surface area contributed by atoms with Crippen LogP contribution in [0.25, 0.3) is 0 Å². The van der Waals surface area contributed by atoms with Gasteiger partial charge >= 0.3 is 5.97 Å². The molecule has 150 valence electrons. The van der Waals surface area contributed by atoms with Crippen molar-refractivity contribution in [2.45, 2.75) is 20.4 Å². The molecule has 1 aromatic carbocycles. The molecule has 0 aliphatic rings. The second-order valence-corrected chi connectivity index (χ2v) is 7.32. The van der Waals surface area contributed by atoms with Gasteiger partial charge in [-0.2, -0.15) is 0 Å². The molecule has 28 heavy (non-hydrogen) atoms. The molecule has 0 fully saturated rings. The minimum Gasteiger partial charge on any atom is -0.462 e. The number of amides is 2. The highest BCUT2D eigenvalue weighted by atomic mass is 32.1. The normalized spacial score (nSPS) is 11.7. The Morgan fingerprint density at radius 2 is 1.96 bits per heavy atom. The number of primary amides is 1. The van der Waals surface area contributed by atoms with Gasteiger partial charge in [-0.1, -0.05) is 18.2 Å². The zero-order chi connectivity index (χ0) is 20.8. The van der Waals surface area contributed by atoms with Gasteiger partial charge in [0, 0.05) is 5.56 Å². The molecule has 0 spiro atoms. The fourth-order valence-electron chi connectivity index (χ4n) is 2.76. The van der Waals surface area contributed by atoms with E-state index in [-0.39, 0.29) is 40.3 Å². The summed E-state index contributed by atoms with van der Waals surface area (Å²) in [6.45, 7) is 3.76. The predicted octanol–water partition coefficient (Wildman–Crippen LogP) is 1.12. The van der Waals surface area contributed by atoms with Crippen molar-refractivity contribution in [3.63, 3.8) is 0 Å². The number of ether oxygens (including phenoxy) is 1. The third-order valence-corrected chi connectivity index (χ3v) is 5.24. The lowest BCUT2D eigenvalue weighted by molar-refractivity contribution is -0.885. The molecule has 1 heterocycles. The van der Waals surface area contributed by atoms with Crippen molar-refractivity contribution in [3.8, 4) is 0 Å². The molecule has 2 amide bonds. The highest BCUT2D eigenvalue weighted by Crippen LogP contribution is 2.33. The van der Waals surface area contributed by atoms with Gasteiger partial charge in [-0.05, 0) is 25.5 Å². The first-order chi connectivity index (χ1) is 13.2. The Morgan fingerprint density at radius 3 is 2.57 bits per heavy atom. The minimum absolute atomic E-state index is 0.0411. The van der Waals surface area contributed by atoms with Gasteiger partial charge in [-0.3, -0.25) is 9.59 Å². The first kappa shape index (κ1) is 21.5. The number of anilines is 1. The van der Waals surface area contributed by atoms with Crippen LogP contribution in [0.1, 0.15) is 38.1 Å². The number of hydrogen-bond acceptors (Lipinski definition) is 5. The zero-order valence-corrected chi connectivity index (χ0v) is 16.7. The lowest BCUT2D eigenvalue weighted by atomic mass is 10.1. The molecule has 0 bridgehead atoms. The number of nitrogens with one attached hydrogen (secondary N) is 2. The summed E-state index contributed by atoms with van der Waals surface area (Å²) in [7, 11) is 1.76. The van der Waals surface area contributed by atoms with Crippen molar-refractivity contribution < 1.29 is 28.4 Å². The van der Waals surface area contributed by atoms with E-state index >= 15 is 0 Å². The molecule has 1 atom stereocenters. The third-order valence-electron chi connectivity index (χ3n) is 4.02. The van der Waals surface area contributed by atoms with E-state index in [1.807, 2.05) is 0 Å². The molecule has 1 unspecified atom stereocenters. The molecule has 7 nitrogen and oxygen atoms in total. The zero-order valence-electron chi connectivity index (χ0n) is 15.9. The number of hydrogen-bond donors (Lipinski definition) is 3. The lowest BCUT2D eigenvalue weighted by Crippen LogP contribution is -3.08. The Kier molecular flexibility index (Phi) is 7.24. The van der Waals surface area contributed by atoms with Gasteiger partial charge in [0.15, 0.2) is 6.54 Å². The second kappa shape index (κ2) is 9.43. The van der Waals surface area contributed by atoms with Gasteiger partial charge in [0.05, 0.1) is 24.1 Å². The smallest absolute Gasteiger partial charge is 0.341 e. The van der Waals surface area contributed by atoms with Crippen LogP contribution in [0.5, 0.6) is 0 Å². The Balaban J connectivity index is 2.14. The van der Waals surface area contributed by atoms with E-state index in [4.69, 9.17) is 10.5 Å². The van der Waals surface area contributed by atoms with Crippen LogP contribution in [0.3, 0.4) is 0 Å². The number of halogens is 1. The Hall–Kier alpha value is -2.78. The van der Waals surface area contributed by atoms with E-state index in [0.717, 1.165) is 16.2 Å². The average molecular weight is 408 g/mol. The van der Waals surface area contributed by atoms with Crippen LogP contribution in [0.15, 0.2) is 24.3 Å². The van der Waals surface area contributed by atoms with E-state index in [9.17, 15) is 18.8 Å². The van der Waals surface area contributed by atoms with Crippen LogP contribution in [-0.4, -0.2) is 38.0 Å². The Bertz CT molecular complexity index is 897. The van der Waals surface area contributed by atoms with Gasteiger partial charge < -0.3 is 20.7 Å². The predicted molar refractivity (Wildman–Crippen MR) is 104 cm³/mol. The highest BCUT2D eigenvalue weighted by molar-refractivity contribution is 7.18. The van der Waals surface area contributed by atoms with E-state index in [1.54, 1.807) is 39.1 Å². The monoisotopic (exact) mass is 408 g/mol. The maximum Gasteiger partial charge on any atom is 0.341 e. The number of esters is 1. The van der Waals surface area contributed by atoms with Crippen LogP contribution in [0.2, 0.25) is 0 Å². The van der Waals surface area contributed by atoms with Crippen LogP contribution < -0.4 is 16.0 Å². The van der Waals surface area contributed by atoms with Crippen LogP contribution in [0, 0.1) is 12.7 Å². The van der Waals surface area contributed by atoms with E-state index < -0.39 is 11.9 Å². The van der Waals surface area contributed by atoms with Crippen molar-refractivity contribution in [2.75, 3.05) is 25.5 Å². The van der Waals surface area contributed by atoms with Gasteiger partial charge in [-0.25, -0.2) is 9.18 Å². The van der Waals surface area contributed by atoms with E-state index in [0.29, 0.717) is 17.7 Å². The molecule has 0 aliphatic heterocycles. The van der Waals surface area contributed by atoms with Crippen LogP contribution in [-0.2, 0) is 16.1 Å². The molecule has 2 rings (SSSR count). The number of benzene rings is 1. The fourth-order valence-corrected chi connectivity index (χ4v) is 3.82. The van der Waals surface area contributed by atoms with Crippen molar-refractivity contribution in [2.24, 2.45) is 5.73 Å². The SMILES string of the molecule is CCOC(=O)c1c(NC(=O)C[NH+](C)Cc2ccccc2F)sc(C(N)=O)c1C. The van der Waals surface area contributed by atoms with Crippen molar-refractivity contribution in [1.82, 2.24) is 0 Å². The molecular formula is C19H23FN3O4S+. The number of carbonyl (C=O) groups is 3. The van der Waals surface area contributed by atoms with Crippen molar-refractivity contribution >= 4 is 34.1 Å². The molecule has 4 N–H and O–H groups in total. The van der Waals surface area contributed by atoms with E-state index in [1.165, 1.54) is 6.07 Å². The number of carbonyl (C=O) groups excluding carboxylic acids is 3. The highest BCUT2D eigenvalue weighted by Gasteiger charge is 2.26. The molecule has 0 aliphatic carbocycles. The first-order valence-electron chi connectivity index (χ1n) is 8.69. The number of thiophene rings is 1. The number of likely N-dealkylation sites (N-methyl/N-ethyl adjacent to an activating group) is 1. The largest absolute Gasteiger partial charge is 0.462 e. The Morgan fingerprint density at radius 1 is 1.29 bits per heavy atom. The fraction of sp³-hybridized carbons (Fsp3) is 0.316. The second-order valence-electron chi connectivity index (χ2n) is 6.30. The summed E-state index contributed by atoms with van der Waals surface area (Å²) in [6.07, 6.45) is 0. The molecule has 2 aromatic rings. The van der Waals surface area contributed by atoms with Crippen molar-refractivity contribution in [1.29, 1.82) is 0 Å². The summed E-state index contributed by atoms with van der Waals surface area (Å²) in [6, 6.07) is 6.37. The van der Waals surface area contributed by atoms with Crippen LogP contribution >= 0.6 is 11.3 Å². The summed E-state index contributed by atoms with van der Waals surface area (Å²) in [5, 5.41) is 2.87. The van der Waals surface area contributed by atoms with Gasteiger partial charge in [0.2, 0.25) is 0 Å². The number of nitrogens with two attached hydrogens (primary N) is 1. The molecule has 0 radical (unpaired) electrons. The van der Waals surface area contributed by atoms with Gasteiger partial charge in [-0.15, -0.1) is 11.3 Å². The summed E-state index contributed by atoms with van der Waals surface area (Å²) in [4.78, 5) is 37.2. The lowest BCUT2D eigenvalue weighted by Gasteiger charge is -2.14. The minimum atomic E-state index is -0.684. The summed E-state index contributed by atoms with van der Waals surface area (Å²) in [5.74, 6) is -2.02. The van der Waals surface area contributed by atoms with Gasteiger partial charge in [0.1, 0.15) is 17.4 Å². The maximum atomic E-state index is 13.8. The maximum absolute atomic E-state index is 13.8.